The molecule has 3 aromatic rings. The van der Waals surface area contributed by atoms with Crippen LogP contribution in [0.15, 0.2) is 41.5 Å². The number of nitrogens with zero attached hydrogens (tertiary/aromatic N) is 3. The first-order valence-electron chi connectivity index (χ1n) is 7.75. The van der Waals surface area contributed by atoms with Crippen molar-refractivity contribution in [2.45, 2.75) is 26.2 Å². The summed E-state index contributed by atoms with van der Waals surface area (Å²) >= 11 is 0. The molecule has 0 radical (unpaired) electrons. The summed E-state index contributed by atoms with van der Waals surface area (Å²) in [5, 5.41) is 0.423. The van der Waals surface area contributed by atoms with Gasteiger partial charge in [0.1, 0.15) is 0 Å². The molecule has 0 aliphatic carbocycles. The summed E-state index contributed by atoms with van der Waals surface area (Å²) in [6, 6.07) is 7.38. The fourth-order valence-corrected chi connectivity index (χ4v) is 3.02. The highest BCUT2D eigenvalue weighted by Crippen LogP contribution is 2.27. The summed E-state index contributed by atoms with van der Waals surface area (Å²) in [4.78, 5) is 33.7. The lowest BCUT2D eigenvalue weighted by atomic mass is 10.0. The first kappa shape index (κ1) is 13.8. The van der Waals surface area contributed by atoms with E-state index in [0.29, 0.717) is 22.2 Å². The molecule has 1 aromatic carbocycles. The van der Waals surface area contributed by atoms with Crippen molar-refractivity contribution in [3.8, 4) is 5.69 Å². The van der Waals surface area contributed by atoms with Gasteiger partial charge in [0.25, 0.3) is 5.56 Å². The van der Waals surface area contributed by atoms with Crippen LogP contribution in [0, 0.1) is 0 Å². The van der Waals surface area contributed by atoms with Crippen LogP contribution in [0.4, 0.5) is 0 Å². The number of carbonyl (C=O) groups excluding carboxylic acids is 1. The van der Waals surface area contributed by atoms with E-state index in [2.05, 4.69) is 16.9 Å². The second kappa shape index (κ2) is 5.12. The van der Waals surface area contributed by atoms with Crippen LogP contribution < -0.4 is 5.56 Å². The Bertz CT molecular complexity index is 1000. The topological polar surface area (TPSA) is 64.8 Å². The zero-order valence-electron chi connectivity index (χ0n) is 12.7. The van der Waals surface area contributed by atoms with Gasteiger partial charge in [0.2, 0.25) is 5.78 Å². The van der Waals surface area contributed by atoms with E-state index in [4.69, 9.17) is 0 Å². The molecule has 0 unspecified atom stereocenters. The molecule has 0 bridgehead atoms. The molecule has 4 rings (SSSR count). The fourth-order valence-electron chi connectivity index (χ4n) is 3.02. The Labute approximate surface area is 132 Å². The van der Waals surface area contributed by atoms with Crippen LogP contribution in [0.5, 0.6) is 0 Å². The standard InChI is InChI=1S/C18H15N3O2/c1-2-3-4-11-5-6-15-12(9-11)16(22)17-20-14-7-8-19-10-13(14)18(23)21(15)17/h5-10H,2-4H2,1H3. The zero-order chi connectivity index (χ0) is 16.0. The molecule has 23 heavy (non-hydrogen) atoms. The Morgan fingerprint density at radius 3 is 2.87 bits per heavy atom. The minimum atomic E-state index is -0.244. The number of rotatable bonds is 3. The fraction of sp³-hybridized carbons (Fsp3) is 0.222. The summed E-state index contributed by atoms with van der Waals surface area (Å²) in [6.07, 6.45) is 6.18. The van der Waals surface area contributed by atoms with Crippen LogP contribution in [0.1, 0.15) is 41.5 Å². The van der Waals surface area contributed by atoms with Crippen molar-refractivity contribution in [3.63, 3.8) is 0 Å². The van der Waals surface area contributed by atoms with Crippen molar-refractivity contribution in [1.29, 1.82) is 0 Å². The minimum absolute atomic E-state index is 0.186. The molecule has 3 heterocycles. The van der Waals surface area contributed by atoms with E-state index in [9.17, 15) is 9.59 Å². The van der Waals surface area contributed by atoms with E-state index in [1.807, 2.05) is 18.2 Å². The van der Waals surface area contributed by atoms with Gasteiger partial charge in [-0.3, -0.25) is 19.1 Å². The Kier molecular flexibility index (Phi) is 3.08. The number of pyridine rings is 1. The number of benzene rings is 1. The molecule has 0 N–H and O–H groups in total. The first-order valence-corrected chi connectivity index (χ1v) is 7.75. The molecule has 2 aromatic heterocycles. The van der Waals surface area contributed by atoms with Gasteiger partial charge < -0.3 is 0 Å². The van der Waals surface area contributed by atoms with Crippen LogP contribution in [-0.4, -0.2) is 20.3 Å². The van der Waals surface area contributed by atoms with Gasteiger partial charge in [-0.15, -0.1) is 0 Å². The van der Waals surface area contributed by atoms with Gasteiger partial charge in [-0.25, -0.2) is 4.98 Å². The molecule has 1 aliphatic heterocycles. The average Bonchev–Trinajstić information content (AvgIpc) is 2.86. The Hall–Kier alpha value is -2.82. The molecule has 1 aliphatic rings. The third-order valence-electron chi connectivity index (χ3n) is 4.24. The molecule has 5 heteroatoms. The van der Waals surface area contributed by atoms with E-state index in [1.54, 1.807) is 12.3 Å². The molecular formula is C18H15N3O2. The third kappa shape index (κ3) is 2.00. The van der Waals surface area contributed by atoms with Gasteiger partial charge in [0.05, 0.1) is 22.2 Å². The zero-order valence-corrected chi connectivity index (χ0v) is 12.7. The molecular weight excluding hydrogens is 290 g/mol. The molecule has 0 amide bonds. The summed E-state index contributed by atoms with van der Waals surface area (Å²) < 4.78 is 1.41. The second-order valence-electron chi connectivity index (χ2n) is 5.75. The summed E-state index contributed by atoms with van der Waals surface area (Å²) in [6.45, 7) is 2.14. The van der Waals surface area contributed by atoms with Crippen molar-refractivity contribution in [2.75, 3.05) is 0 Å². The molecule has 0 spiro atoms. The van der Waals surface area contributed by atoms with Crippen LogP contribution >= 0.6 is 0 Å². The van der Waals surface area contributed by atoms with E-state index in [-0.39, 0.29) is 17.2 Å². The maximum Gasteiger partial charge on any atom is 0.267 e. The van der Waals surface area contributed by atoms with Crippen LogP contribution in [0.3, 0.4) is 0 Å². The highest BCUT2D eigenvalue weighted by atomic mass is 16.1. The van der Waals surface area contributed by atoms with Gasteiger partial charge in [-0.05, 0) is 36.6 Å². The smallest absolute Gasteiger partial charge is 0.267 e. The van der Waals surface area contributed by atoms with Crippen molar-refractivity contribution >= 4 is 16.7 Å². The van der Waals surface area contributed by atoms with Crippen LogP contribution in [0.25, 0.3) is 16.6 Å². The lowest BCUT2D eigenvalue weighted by molar-refractivity contribution is 0.103. The van der Waals surface area contributed by atoms with Crippen molar-refractivity contribution < 1.29 is 4.79 Å². The molecule has 0 fully saturated rings. The lowest BCUT2D eigenvalue weighted by Crippen LogP contribution is -2.21. The maximum absolute atomic E-state index is 12.7. The number of fused-ring (bicyclic) bond motifs is 4. The highest BCUT2D eigenvalue weighted by molar-refractivity contribution is 6.13. The number of ketones is 1. The van der Waals surface area contributed by atoms with E-state index in [0.717, 1.165) is 24.8 Å². The van der Waals surface area contributed by atoms with Gasteiger partial charge >= 0.3 is 0 Å². The predicted octanol–water partition coefficient (Wildman–Crippen LogP) is 2.67. The van der Waals surface area contributed by atoms with Crippen molar-refractivity contribution in [1.82, 2.24) is 14.5 Å². The summed E-state index contributed by atoms with van der Waals surface area (Å²) in [5.41, 5.74) is 2.56. The highest BCUT2D eigenvalue weighted by Gasteiger charge is 2.30. The monoisotopic (exact) mass is 305 g/mol. The number of hydrogen-bond acceptors (Lipinski definition) is 4. The number of carbonyl (C=O) groups is 1. The normalized spacial score (nSPS) is 12.5. The molecule has 0 atom stereocenters. The number of aromatic nitrogens is 3. The van der Waals surface area contributed by atoms with E-state index >= 15 is 0 Å². The van der Waals surface area contributed by atoms with Gasteiger partial charge in [-0.1, -0.05) is 19.4 Å². The van der Waals surface area contributed by atoms with Crippen LogP contribution in [0.2, 0.25) is 0 Å². The van der Waals surface area contributed by atoms with Crippen LogP contribution in [-0.2, 0) is 6.42 Å². The number of hydrogen-bond donors (Lipinski definition) is 0. The molecule has 0 saturated heterocycles. The Morgan fingerprint density at radius 2 is 2.04 bits per heavy atom. The average molecular weight is 305 g/mol. The van der Waals surface area contributed by atoms with Gasteiger partial charge in [0.15, 0.2) is 5.82 Å². The largest absolute Gasteiger partial charge is 0.285 e. The second-order valence-corrected chi connectivity index (χ2v) is 5.75. The van der Waals surface area contributed by atoms with Gasteiger partial charge in [-0.2, -0.15) is 0 Å². The van der Waals surface area contributed by atoms with Gasteiger partial charge in [0, 0.05) is 12.4 Å². The van der Waals surface area contributed by atoms with Crippen molar-refractivity contribution in [3.05, 3.63) is 64.0 Å². The van der Waals surface area contributed by atoms with Crippen molar-refractivity contribution in [2.24, 2.45) is 0 Å². The number of unbranched alkanes of at least 4 members (excludes halogenated alkanes) is 1. The predicted molar refractivity (Wildman–Crippen MR) is 87.2 cm³/mol. The molecule has 0 saturated carbocycles. The summed E-state index contributed by atoms with van der Waals surface area (Å²) in [5.74, 6) is 0.00509. The lowest BCUT2D eigenvalue weighted by Gasteiger charge is -2.06. The Morgan fingerprint density at radius 1 is 1.17 bits per heavy atom. The van der Waals surface area contributed by atoms with E-state index in [1.165, 1.54) is 10.8 Å². The number of aryl methyl sites for hydroxylation is 1. The minimum Gasteiger partial charge on any atom is -0.285 e. The van der Waals surface area contributed by atoms with E-state index < -0.39 is 0 Å². The molecule has 114 valence electrons. The summed E-state index contributed by atoms with van der Waals surface area (Å²) in [7, 11) is 0. The SMILES string of the molecule is CCCCc1ccc2c(c1)C(=O)c1nc3ccncc3c(=O)n1-2. The first-order chi connectivity index (χ1) is 11.2. The quantitative estimate of drug-likeness (QED) is 0.583. The third-order valence-corrected chi connectivity index (χ3v) is 4.24. The Balaban J connectivity index is 1.95. The maximum atomic E-state index is 12.7. The molecule has 5 nitrogen and oxygen atoms in total.